The van der Waals surface area contributed by atoms with Crippen LogP contribution in [-0.4, -0.2) is 5.78 Å². The zero-order chi connectivity index (χ0) is 16.4. The van der Waals surface area contributed by atoms with E-state index in [1.54, 1.807) is 0 Å². The lowest BCUT2D eigenvalue weighted by Gasteiger charge is -2.14. The fourth-order valence-corrected chi connectivity index (χ4v) is 3.37. The largest absolute Gasteiger partial charge is 0.294 e. The van der Waals surface area contributed by atoms with E-state index in [1.165, 1.54) is 5.57 Å². The highest BCUT2D eigenvalue weighted by Crippen LogP contribution is 2.41. The van der Waals surface area contributed by atoms with Crippen LogP contribution in [0.2, 0.25) is 5.02 Å². The summed E-state index contributed by atoms with van der Waals surface area (Å²) in [6.45, 7) is 4.07. The number of ketones is 1. The van der Waals surface area contributed by atoms with Gasteiger partial charge in [-0.05, 0) is 53.3 Å². The molecule has 2 aromatic carbocycles. The Morgan fingerprint density at radius 2 is 1.70 bits per heavy atom. The first-order chi connectivity index (χ1) is 11.1. The summed E-state index contributed by atoms with van der Waals surface area (Å²) in [6, 6.07) is 18.1. The smallest absolute Gasteiger partial charge is 0.163 e. The van der Waals surface area contributed by atoms with Crippen LogP contribution in [0.15, 0.2) is 65.7 Å². The number of halogens is 1. The monoisotopic (exact) mass is 322 g/mol. The second kappa shape index (κ2) is 6.55. The lowest BCUT2D eigenvalue weighted by atomic mass is 9.90. The van der Waals surface area contributed by atoms with Gasteiger partial charge in [0, 0.05) is 17.0 Å². The third-order valence-corrected chi connectivity index (χ3v) is 4.66. The topological polar surface area (TPSA) is 17.1 Å². The highest BCUT2D eigenvalue weighted by Gasteiger charge is 2.27. The Morgan fingerprint density at radius 1 is 1.04 bits per heavy atom. The van der Waals surface area contributed by atoms with Crippen molar-refractivity contribution >= 4 is 28.5 Å². The number of carbonyl (C=O) groups excluding carboxylic acids is 1. The average molecular weight is 323 g/mol. The second-order valence-corrected chi connectivity index (χ2v) is 6.22. The summed E-state index contributed by atoms with van der Waals surface area (Å²) in [5.74, 6) is 0.221. The van der Waals surface area contributed by atoms with Crippen molar-refractivity contribution in [3.8, 4) is 0 Å². The van der Waals surface area contributed by atoms with Crippen LogP contribution in [0.5, 0.6) is 0 Å². The summed E-state index contributed by atoms with van der Waals surface area (Å²) < 4.78 is 0. The molecule has 0 N–H and O–H groups in total. The van der Waals surface area contributed by atoms with Gasteiger partial charge in [-0.15, -0.1) is 0 Å². The Morgan fingerprint density at radius 3 is 2.30 bits per heavy atom. The molecule has 1 nitrogen and oxygen atoms in total. The van der Waals surface area contributed by atoms with E-state index in [1.807, 2.05) is 49.4 Å². The van der Waals surface area contributed by atoms with E-state index < -0.39 is 0 Å². The van der Waals surface area contributed by atoms with Crippen LogP contribution >= 0.6 is 11.6 Å². The van der Waals surface area contributed by atoms with E-state index in [0.29, 0.717) is 6.42 Å². The predicted octanol–water partition coefficient (Wildman–Crippen LogP) is 5.95. The molecule has 116 valence electrons. The van der Waals surface area contributed by atoms with E-state index in [4.69, 9.17) is 11.6 Å². The van der Waals surface area contributed by atoms with Gasteiger partial charge < -0.3 is 0 Å². The normalized spacial score (nSPS) is 16.9. The van der Waals surface area contributed by atoms with Crippen LogP contribution in [0.3, 0.4) is 0 Å². The summed E-state index contributed by atoms with van der Waals surface area (Å²) >= 11 is 6.01. The average Bonchev–Trinajstić information content (AvgIpc) is 2.86. The van der Waals surface area contributed by atoms with E-state index in [9.17, 15) is 4.79 Å². The molecule has 1 aliphatic carbocycles. The Bertz CT molecular complexity index is 795. The summed E-state index contributed by atoms with van der Waals surface area (Å²) in [4.78, 5) is 12.4. The Hall–Kier alpha value is -2.12. The SMILES string of the molecule is CC/C(=C1\CC(=O)C(C)=C1c1ccccc1)c1ccc(Cl)cc1. The van der Waals surface area contributed by atoms with Crippen molar-refractivity contribution in [3.63, 3.8) is 0 Å². The number of allylic oxidation sites excluding steroid dienone is 4. The standard InChI is InChI=1S/C21H19ClO/c1-3-18(15-9-11-17(22)12-10-15)19-13-20(23)14(2)21(19)16-7-5-4-6-8-16/h4-12H,3,13H2,1-2H3/b19-18-. The molecule has 0 saturated carbocycles. The molecule has 0 heterocycles. The third-order valence-electron chi connectivity index (χ3n) is 4.41. The van der Waals surface area contributed by atoms with Gasteiger partial charge in [0.25, 0.3) is 0 Å². The predicted molar refractivity (Wildman–Crippen MR) is 97.3 cm³/mol. The lowest BCUT2D eigenvalue weighted by Crippen LogP contribution is -1.94. The molecular weight excluding hydrogens is 304 g/mol. The van der Waals surface area contributed by atoms with Crippen molar-refractivity contribution in [1.82, 2.24) is 0 Å². The van der Waals surface area contributed by atoms with Gasteiger partial charge in [-0.25, -0.2) is 0 Å². The Labute approximate surface area is 142 Å². The van der Waals surface area contributed by atoms with Crippen LogP contribution in [0.1, 0.15) is 37.8 Å². The Kier molecular flexibility index (Phi) is 4.49. The lowest BCUT2D eigenvalue weighted by molar-refractivity contribution is -0.114. The molecule has 3 rings (SSSR count). The van der Waals surface area contributed by atoms with Crippen molar-refractivity contribution in [1.29, 1.82) is 0 Å². The Balaban J connectivity index is 2.19. The number of rotatable bonds is 3. The second-order valence-electron chi connectivity index (χ2n) is 5.78. The highest BCUT2D eigenvalue weighted by atomic mass is 35.5. The zero-order valence-corrected chi connectivity index (χ0v) is 14.2. The van der Waals surface area contributed by atoms with Crippen LogP contribution < -0.4 is 0 Å². The van der Waals surface area contributed by atoms with E-state index in [2.05, 4.69) is 19.1 Å². The first-order valence-corrected chi connectivity index (χ1v) is 8.27. The van der Waals surface area contributed by atoms with Crippen molar-refractivity contribution in [2.24, 2.45) is 0 Å². The van der Waals surface area contributed by atoms with Gasteiger partial charge in [0.1, 0.15) is 0 Å². The molecule has 0 unspecified atom stereocenters. The van der Waals surface area contributed by atoms with Gasteiger partial charge >= 0.3 is 0 Å². The van der Waals surface area contributed by atoms with Crippen molar-refractivity contribution in [3.05, 3.63) is 81.9 Å². The molecule has 0 radical (unpaired) electrons. The van der Waals surface area contributed by atoms with Crippen molar-refractivity contribution in [2.75, 3.05) is 0 Å². The van der Waals surface area contributed by atoms with Crippen LogP contribution in [0.25, 0.3) is 11.1 Å². The van der Waals surface area contributed by atoms with Crippen LogP contribution in [0.4, 0.5) is 0 Å². The maximum Gasteiger partial charge on any atom is 0.163 e. The number of benzene rings is 2. The van der Waals surface area contributed by atoms with Crippen molar-refractivity contribution in [2.45, 2.75) is 26.7 Å². The minimum atomic E-state index is 0.221. The van der Waals surface area contributed by atoms with Gasteiger partial charge in [-0.1, -0.05) is 61.0 Å². The first kappa shape index (κ1) is 15.8. The van der Waals surface area contributed by atoms with Gasteiger partial charge in [0.15, 0.2) is 5.78 Å². The van der Waals surface area contributed by atoms with Crippen LogP contribution in [0, 0.1) is 0 Å². The minimum absolute atomic E-state index is 0.221. The molecule has 2 aromatic rings. The quantitative estimate of drug-likeness (QED) is 0.682. The van der Waals surface area contributed by atoms with Gasteiger partial charge in [0.05, 0.1) is 0 Å². The number of hydrogen-bond acceptors (Lipinski definition) is 1. The molecule has 23 heavy (non-hydrogen) atoms. The maximum atomic E-state index is 12.4. The molecule has 0 aliphatic heterocycles. The molecule has 0 amide bonds. The first-order valence-electron chi connectivity index (χ1n) is 7.89. The molecule has 0 atom stereocenters. The van der Waals surface area contributed by atoms with E-state index in [0.717, 1.165) is 39.3 Å². The molecule has 0 saturated heterocycles. The zero-order valence-electron chi connectivity index (χ0n) is 13.4. The number of carbonyl (C=O) groups is 1. The molecule has 0 bridgehead atoms. The third kappa shape index (κ3) is 3.02. The highest BCUT2D eigenvalue weighted by molar-refractivity contribution is 6.30. The molecule has 2 heteroatoms. The molecular formula is C21H19ClO. The van der Waals surface area contributed by atoms with E-state index >= 15 is 0 Å². The maximum absolute atomic E-state index is 12.4. The molecule has 0 fully saturated rings. The molecule has 0 spiro atoms. The number of Topliss-reactive ketones (excluding diaryl/α,β-unsaturated/α-hetero) is 1. The molecule has 1 aliphatic rings. The number of hydrogen-bond donors (Lipinski definition) is 0. The minimum Gasteiger partial charge on any atom is -0.294 e. The van der Waals surface area contributed by atoms with Gasteiger partial charge in [-0.3, -0.25) is 4.79 Å². The fourth-order valence-electron chi connectivity index (χ4n) is 3.24. The van der Waals surface area contributed by atoms with E-state index in [-0.39, 0.29) is 5.78 Å². The fraction of sp³-hybridized carbons (Fsp3) is 0.190. The summed E-state index contributed by atoms with van der Waals surface area (Å²) in [5.41, 5.74) is 6.61. The summed E-state index contributed by atoms with van der Waals surface area (Å²) in [5, 5.41) is 0.728. The summed E-state index contributed by atoms with van der Waals surface area (Å²) in [6.07, 6.45) is 1.37. The summed E-state index contributed by atoms with van der Waals surface area (Å²) in [7, 11) is 0. The van der Waals surface area contributed by atoms with Crippen LogP contribution in [-0.2, 0) is 4.79 Å². The van der Waals surface area contributed by atoms with Crippen molar-refractivity contribution < 1.29 is 4.79 Å². The molecule has 0 aromatic heterocycles. The van der Waals surface area contributed by atoms with Gasteiger partial charge in [-0.2, -0.15) is 0 Å². The van der Waals surface area contributed by atoms with Gasteiger partial charge in [0.2, 0.25) is 0 Å².